The molecule has 1 heterocycles. The first kappa shape index (κ1) is 28.5. The van der Waals surface area contributed by atoms with Gasteiger partial charge in [0.15, 0.2) is 18.1 Å². The van der Waals surface area contributed by atoms with Crippen molar-refractivity contribution in [3.8, 4) is 17.4 Å². The first-order valence-corrected chi connectivity index (χ1v) is 13.1. The van der Waals surface area contributed by atoms with Crippen molar-refractivity contribution in [2.45, 2.75) is 35.9 Å². The highest BCUT2D eigenvalue weighted by Gasteiger charge is 2.36. The lowest BCUT2D eigenvalue weighted by Gasteiger charge is -2.21. The zero-order chi connectivity index (χ0) is 27.5. The number of nitrogens with zero attached hydrogens (tertiary/aromatic N) is 2. The van der Waals surface area contributed by atoms with Crippen molar-refractivity contribution in [1.82, 2.24) is 10.5 Å². The lowest BCUT2D eigenvalue weighted by molar-refractivity contribution is -0.832. The summed E-state index contributed by atoms with van der Waals surface area (Å²) in [5, 5.41) is 17.6. The molecular formula is C25H29N3O9S. The Morgan fingerprint density at radius 1 is 1.11 bits per heavy atom. The van der Waals surface area contributed by atoms with Crippen molar-refractivity contribution in [3.05, 3.63) is 72.5 Å². The SMILES string of the molecule is C=CCOc1ccccc1OCC(CNC(C)C)OC(=O)COc1no[n+]([O-])c1S(=O)(=O)c1ccccc1. The standard InChI is InChI=1S/C25H29N3O9S/c1-4-14-33-21-12-8-9-13-22(21)34-16-19(15-26-18(2)3)36-23(29)17-35-24-25(28(30)37-27-24)38(31,32)20-10-6-5-7-11-20/h4-13,18-19,26H,1,14-17H2,2-3H3. The summed E-state index contributed by atoms with van der Waals surface area (Å²) in [5.74, 6) is -0.553. The highest BCUT2D eigenvalue weighted by Crippen LogP contribution is 2.27. The molecule has 1 N–H and O–H groups in total. The normalized spacial score (nSPS) is 12.1. The molecule has 0 bridgehead atoms. The highest BCUT2D eigenvalue weighted by molar-refractivity contribution is 7.91. The number of hydrogen-bond acceptors (Lipinski definition) is 11. The van der Waals surface area contributed by atoms with Crippen LogP contribution in [0.3, 0.4) is 0 Å². The van der Waals surface area contributed by atoms with E-state index >= 15 is 0 Å². The Hall–Kier alpha value is -4.10. The summed E-state index contributed by atoms with van der Waals surface area (Å²) >= 11 is 0. The number of sulfone groups is 1. The molecule has 0 saturated heterocycles. The maximum absolute atomic E-state index is 12.9. The number of nitrogens with one attached hydrogen (secondary N) is 1. The smallest absolute Gasteiger partial charge is 0.415 e. The van der Waals surface area contributed by atoms with E-state index in [0.29, 0.717) is 18.1 Å². The van der Waals surface area contributed by atoms with Gasteiger partial charge >= 0.3 is 16.9 Å². The van der Waals surface area contributed by atoms with Gasteiger partial charge in [-0.25, -0.2) is 13.2 Å². The van der Waals surface area contributed by atoms with Gasteiger partial charge in [-0.1, -0.05) is 56.8 Å². The predicted octanol–water partition coefficient (Wildman–Crippen LogP) is 2.07. The number of ether oxygens (including phenoxy) is 4. The van der Waals surface area contributed by atoms with Gasteiger partial charge in [-0.3, -0.25) is 4.63 Å². The lowest BCUT2D eigenvalue weighted by atomic mass is 10.3. The van der Waals surface area contributed by atoms with Crippen LogP contribution >= 0.6 is 0 Å². The number of esters is 1. The molecule has 2 aromatic carbocycles. The molecule has 0 aliphatic carbocycles. The number of aromatic nitrogens is 2. The van der Waals surface area contributed by atoms with Gasteiger partial charge in [0.05, 0.1) is 10.1 Å². The summed E-state index contributed by atoms with van der Waals surface area (Å²) < 4.78 is 52.3. The summed E-state index contributed by atoms with van der Waals surface area (Å²) in [5.41, 5.74) is 0. The summed E-state index contributed by atoms with van der Waals surface area (Å²) in [4.78, 5) is 12.1. The molecule has 3 rings (SSSR count). The number of hydrogen-bond donors (Lipinski definition) is 1. The summed E-state index contributed by atoms with van der Waals surface area (Å²) in [7, 11) is -4.33. The second kappa shape index (κ2) is 13.4. The maximum atomic E-state index is 12.9. The summed E-state index contributed by atoms with van der Waals surface area (Å²) in [6.07, 6.45) is 0.864. The number of carbonyl (C=O) groups is 1. The number of benzene rings is 2. The van der Waals surface area contributed by atoms with Crippen LogP contribution in [0, 0.1) is 5.21 Å². The zero-order valence-corrected chi connectivity index (χ0v) is 21.8. The third-order valence-corrected chi connectivity index (χ3v) is 6.59. The predicted molar refractivity (Wildman–Crippen MR) is 133 cm³/mol. The minimum absolute atomic E-state index is 0.0158. The minimum Gasteiger partial charge on any atom is -0.486 e. The molecule has 12 nitrogen and oxygen atoms in total. The fourth-order valence-corrected chi connectivity index (χ4v) is 4.40. The van der Waals surface area contributed by atoms with E-state index in [4.69, 9.17) is 18.9 Å². The van der Waals surface area contributed by atoms with Gasteiger partial charge in [-0.05, 0) is 29.2 Å². The molecule has 0 aliphatic heterocycles. The van der Waals surface area contributed by atoms with E-state index in [-0.39, 0.29) is 29.0 Å². The van der Waals surface area contributed by atoms with Gasteiger partial charge in [0.1, 0.15) is 19.3 Å². The molecular weight excluding hydrogens is 518 g/mol. The van der Waals surface area contributed by atoms with Gasteiger partial charge in [0.25, 0.3) is 9.84 Å². The Kier molecular flexibility index (Phi) is 10.1. The topological polar surface area (TPSA) is 153 Å². The fourth-order valence-electron chi connectivity index (χ4n) is 3.11. The zero-order valence-electron chi connectivity index (χ0n) is 20.9. The van der Waals surface area contributed by atoms with Gasteiger partial charge in [0.2, 0.25) is 0 Å². The highest BCUT2D eigenvalue weighted by atomic mass is 32.2. The summed E-state index contributed by atoms with van der Waals surface area (Å²) in [6.45, 7) is 7.28. The van der Waals surface area contributed by atoms with E-state index in [9.17, 15) is 18.4 Å². The Bertz CT molecular complexity index is 1310. The number of carbonyl (C=O) groups excluding carboxylic acids is 1. The Morgan fingerprint density at radius 3 is 2.42 bits per heavy atom. The molecule has 0 amide bonds. The Morgan fingerprint density at radius 2 is 1.76 bits per heavy atom. The molecule has 0 aliphatic rings. The average Bonchev–Trinajstić information content (AvgIpc) is 3.29. The van der Waals surface area contributed by atoms with Crippen LogP contribution in [-0.2, 0) is 19.4 Å². The van der Waals surface area contributed by atoms with Crippen molar-refractivity contribution >= 4 is 15.8 Å². The van der Waals surface area contributed by atoms with Gasteiger partial charge in [-0.2, -0.15) is 0 Å². The van der Waals surface area contributed by atoms with Gasteiger partial charge in [0, 0.05) is 12.6 Å². The molecule has 0 radical (unpaired) electrons. The van der Waals surface area contributed by atoms with Crippen molar-refractivity contribution in [2.24, 2.45) is 0 Å². The van der Waals surface area contributed by atoms with Crippen molar-refractivity contribution < 1.29 is 41.7 Å². The van der Waals surface area contributed by atoms with E-state index in [1.54, 1.807) is 36.4 Å². The van der Waals surface area contributed by atoms with Crippen LogP contribution in [0.25, 0.3) is 0 Å². The molecule has 204 valence electrons. The average molecular weight is 548 g/mol. The van der Waals surface area contributed by atoms with Crippen LogP contribution in [0.2, 0.25) is 0 Å². The van der Waals surface area contributed by atoms with E-state index in [1.807, 2.05) is 13.8 Å². The molecule has 13 heteroatoms. The van der Waals surface area contributed by atoms with Crippen LogP contribution < -0.4 is 24.4 Å². The molecule has 3 aromatic rings. The van der Waals surface area contributed by atoms with Crippen LogP contribution in [0.5, 0.6) is 17.4 Å². The van der Waals surface area contributed by atoms with E-state index in [2.05, 4.69) is 21.7 Å². The van der Waals surface area contributed by atoms with Crippen molar-refractivity contribution in [3.63, 3.8) is 0 Å². The second-order valence-electron chi connectivity index (χ2n) is 8.18. The maximum Gasteiger partial charge on any atom is 0.415 e. The molecule has 0 spiro atoms. The monoisotopic (exact) mass is 547 g/mol. The van der Waals surface area contributed by atoms with Crippen LogP contribution in [0.4, 0.5) is 0 Å². The van der Waals surface area contributed by atoms with Crippen molar-refractivity contribution in [2.75, 3.05) is 26.4 Å². The number of rotatable bonds is 15. The van der Waals surface area contributed by atoms with Crippen LogP contribution in [0.1, 0.15) is 13.8 Å². The van der Waals surface area contributed by atoms with E-state index in [0.717, 1.165) is 0 Å². The van der Waals surface area contributed by atoms with E-state index < -0.39 is 39.4 Å². The first-order chi connectivity index (χ1) is 18.2. The van der Waals surface area contributed by atoms with Gasteiger partial charge < -0.3 is 29.5 Å². The minimum atomic E-state index is -4.33. The third kappa shape index (κ3) is 7.70. The molecule has 1 atom stereocenters. The number of para-hydroxylation sites is 2. The van der Waals surface area contributed by atoms with E-state index in [1.165, 1.54) is 24.3 Å². The lowest BCUT2D eigenvalue weighted by Crippen LogP contribution is -2.39. The van der Waals surface area contributed by atoms with Crippen molar-refractivity contribution in [1.29, 1.82) is 0 Å². The Balaban J connectivity index is 1.66. The molecule has 38 heavy (non-hydrogen) atoms. The molecule has 1 unspecified atom stereocenters. The largest absolute Gasteiger partial charge is 0.486 e. The first-order valence-electron chi connectivity index (χ1n) is 11.6. The Labute approximate surface area is 220 Å². The summed E-state index contributed by atoms with van der Waals surface area (Å²) in [6, 6.07) is 14.3. The second-order valence-corrected chi connectivity index (χ2v) is 10.0. The molecule has 0 fully saturated rings. The third-order valence-electron chi connectivity index (χ3n) is 4.86. The van der Waals surface area contributed by atoms with Crippen LogP contribution in [-0.4, -0.2) is 58.1 Å². The fraction of sp³-hybridized carbons (Fsp3) is 0.320. The quantitative estimate of drug-likeness (QED) is 0.169. The molecule has 1 aromatic heterocycles. The van der Waals surface area contributed by atoms with Gasteiger partial charge in [-0.15, -0.1) is 0 Å². The molecule has 0 saturated carbocycles. The van der Waals surface area contributed by atoms with Crippen LogP contribution in [0.15, 0.2) is 81.8 Å².